The van der Waals surface area contributed by atoms with Crippen LogP contribution in [0.4, 0.5) is 0 Å². The van der Waals surface area contributed by atoms with Crippen molar-refractivity contribution in [2.24, 2.45) is 5.73 Å². The summed E-state index contributed by atoms with van der Waals surface area (Å²) in [6.07, 6.45) is 7.16. The minimum absolute atomic E-state index is 0.313. The van der Waals surface area contributed by atoms with E-state index in [2.05, 4.69) is 26.8 Å². The Morgan fingerprint density at radius 2 is 2.18 bits per heavy atom. The monoisotopic (exact) mass is 155 g/mol. The zero-order chi connectivity index (χ0) is 8.69. The van der Waals surface area contributed by atoms with E-state index in [9.17, 15) is 0 Å². The van der Waals surface area contributed by atoms with E-state index in [-0.39, 0.29) is 0 Å². The Bertz CT molecular complexity index is 114. The molecule has 0 spiro atoms. The van der Waals surface area contributed by atoms with E-state index in [1.54, 1.807) is 0 Å². The SMILES string of the molecule is CCCC/C=C(\C)CC(C)N. The Morgan fingerprint density at radius 1 is 1.55 bits per heavy atom. The Kier molecular flexibility index (Phi) is 6.24. The van der Waals surface area contributed by atoms with Gasteiger partial charge in [-0.15, -0.1) is 0 Å². The second-order valence-electron chi connectivity index (χ2n) is 3.37. The van der Waals surface area contributed by atoms with Crippen LogP contribution in [0, 0.1) is 0 Å². The molecular formula is C10H21N. The van der Waals surface area contributed by atoms with Crippen LogP contribution in [-0.4, -0.2) is 6.04 Å². The Balaban J connectivity index is 3.46. The summed E-state index contributed by atoms with van der Waals surface area (Å²) in [7, 11) is 0. The predicted molar refractivity (Wildman–Crippen MR) is 51.5 cm³/mol. The lowest BCUT2D eigenvalue weighted by molar-refractivity contribution is 0.723. The second-order valence-corrected chi connectivity index (χ2v) is 3.37. The number of hydrogen-bond donors (Lipinski definition) is 1. The van der Waals surface area contributed by atoms with E-state index in [4.69, 9.17) is 5.73 Å². The topological polar surface area (TPSA) is 26.0 Å². The van der Waals surface area contributed by atoms with Gasteiger partial charge in [0.05, 0.1) is 0 Å². The van der Waals surface area contributed by atoms with Crippen molar-refractivity contribution in [3.05, 3.63) is 11.6 Å². The maximum Gasteiger partial charge on any atom is 0.00475 e. The molecule has 0 fully saturated rings. The molecule has 0 saturated heterocycles. The van der Waals surface area contributed by atoms with Crippen molar-refractivity contribution >= 4 is 0 Å². The van der Waals surface area contributed by atoms with Crippen LogP contribution in [0.5, 0.6) is 0 Å². The lowest BCUT2D eigenvalue weighted by Crippen LogP contribution is -2.14. The Labute approximate surface area is 70.7 Å². The second kappa shape index (κ2) is 6.41. The Hall–Kier alpha value is -0.300. The first-order chi connectivity index (χ1) is 5.16. The maximum atomic E-state index is 5.66. The molecule has 0 rings (SSSR count). The lowest BCUT2D eigenvalue weighted by Gasteiger charge is -2.04. The van der Waals surface area contributed by atoms with Crippen LogP contribution in [0.25, 0.3) is 0 Å². The highest BCUT2D eigenvalue weighted by atomic mass is 14.6. The number of allylic oxidation sites excluding steroid dienone is 1. The molecule has 0 heterocycles. The molecule has 0 amide bonds. The van der Waals surface area contributed by atoms with Gasteiger partial charge in [0, 0.05) is 6.04 Å². The standard InChI is InChI=1S/C10H21N/c1-4-5-6-7-9(2)8-10(3)11/h7,10H,4-6,8,11H2,1-3H3/b9-7+. The molecule has 11 heavy (non-hydrogen) atoms. The van der Waals surface area contributed by atoms with E-state index >= 15 is 0 Å². The van der Waals surface area contributed by atoms with Crippen LogP contribution in [0.2, 0.25) is 0 Å². The number of unbranched alkanes of at least 4 members (excludes halogenated alkanes) is 2. The van der Waals surface area contributed by atoms with Gasteiger partial charge in [0.25, 0.3) is 0 Å². The molecule has 66 valence electrons. The van der Waals surface area contributed by atoms with Gasteiger partial charge in [0.1, 0.15) is 0 Å². The molecule has 0 aliphatic heterocycles. The van der Waals surface area contributed by atoms with Crippen LogP contribution < -0.4 is 5.73 Å². The first-order valence-electron chi connectivity index (χ1n) is 4.58. The molecule has 0 aromatic carbocycles. The van der Waals surface area contributed by atoms with Crippen molar-refractivity contribution in [1.29, 1.82) is 0 Å². The fraction of sp³-hybridized carbons (Fsp3) is 0.800. The first-order valence-corrected chi connectivity index (χ1v) is 4.58. The van der Waals surface area contributed by atoms with Gasteiger partial charge in [-0.25, -0.2) is 0 Å². The average Bonchev–Trinajstić information content (AvgIpc) is 1.86. The highest BCUT2D eigenvalue weighted by Gasteiger charge is 1.94. The van der Waals surface area contributed by atoms with Gasteiger partial charge in [0.2, 0.25) is 0 Å². The lowest BCUT2D eigenvalue weighted by atomic mass is 10.1. The van der Waals surface area contributed by atoms with E-state index < -0.39 is 0 Å². The van der Waals surface area contributed by atoms with Gasteiger partial charge in [-0.3, -0.25) is 0 Å². The molecular weight excluding hydrogens is 134 g/mol. The van der Waals surface area contributed by atoms with Crippen molar-refractivity contribution in [2.45, 2.75) is 52.5 Å². The normalized spacial score (nSPS) is 15.1. The van der Waals surface area contributed by atoms with Crippen LogP contribution in [0.3, 0.4) is 0 Å². The molecule has 0 aromatic heterocycles. The van der Waals surface area contributed by atoms with Crippen LogP contribution >= 0.6 is 0 Å². The van der Waals surface area contributed by atoms with E-state index in [0.29, 0.717) is 6.04 Å². The zero-order valence-corrected chi connectivity index (χ0v) is 8.06. The first kappa shape index (κ1) is 10.7. The van der Waals surface area contributed by atoms with Crippen molar-refractivity contribution in [2.75, 3.05) is 0 Å². The summed E-state index contributed by atoms with van der Waals surface area (Å²) in [4.78, 5) is 0. The number of nitrogens with two attached hydrogens (primary N) is 1. The quantitative estimate of drug-likeness (QED) is 0.479. The highest BCUT2D eigenvalue weighted by molar-refractivity contribution is 4.99. The molecule has 0 aromatic rings. The van der Waals surface area contributed by atoms with Gasteiger partial charge >= 0.3 is 0 Å². The average molecular weight is 155 g/mol. The highest BCUT2D eigenvalue weighted by Crippen LogP contribution is 2.05. The predicted octanol–water partition coefficient (Wildman–Crippen LogP) is 2.86. The Morgan fingerprint density at radius 3 is 2.64 bits per heavy atom. The molecule has 1 nitrogen and oxygen atoms in total. The third-order valence-corrected chi connectivity index (χ3v) is 1.69. The van der Waals surface area contributed by atoms with E-state index in [0.717, 1.165) is 6.42 Å². The maximum absolute atomic E-state index is 5.66. The molecule has 1 unspecified atom stereocenters. The molecule has 0 saturated carbocycles. The molecule has 1 heteroatoms. The summed E-state index contributed by atoms with van der Waals surface area (Å²) in [6.45, 7) is 6.44. The molecule has 0 aliphatic carbocycles. The molecule has 0 bridgehead atoms. The van der Waals surface area contributed by atoms with Gasteiger partial charge in [-0.1, -0.05) is 31.4 Å². The summed E-state index contributed by atoms with van der Waals surface area (Å²) in [5, 5.41) is 0. The molecule has 2 N–H and O–H groups in total. The summed E-state index contributed by atoms with van der Waals surface area (Å²) in [6, 6.07) is 0.313. The van der Waals surface area contributed by atoms with Crippen molar-refractivity contribution < 1.29 is 0 Å². The summed E-state index contributed by atoms with van der Waals surface area (Å²) in [5.74, 6) is 0. The zero-order valence-electron chi connectivity index (χ0n) is 8.06. The fourth-order valence-corrected chi connectivity index (χ4v) is 1.14. The summed E-state index contributed by atoms with van der Waals surface area (Å²) < 4.78 is 0. The van der Waals surface area contributed by atoms with E-state index in [1.807, 2.05) is 0 Å². The van der Waals surface area contributed by atoms with Crippen molar-refractivity contribution in [3.8, 4) is 0 Å². The minimum Gasteiger partial charge on any atom is -0.328 e. The van der Waals surface area contributed by atoms with Crippen molar-refractivity contribution in [3.63, 3.8) is 0 Å². The van der Waals surface area contributed by atoms with Crippen LogP contribution in [0.1, 0.15) is 46.5 Å². The molecule has 0 aliphatic rings. The van der Waals surface area contributed by atoms with Gasteiger partial charge in [-0.05, 0) is 26.7 Å². The molecule has 1 atom stereocenters. The van der Waals surface area contributed by atoms with Gasteiger partial charge in [-0.2, -0.15) is 0 Å². The largest absolute Gasteiger partial charge is 0.328 e. The third-order valence-electron chi connectivity index (χ3n) is 1.69. The smallest absolute Gasteiger partial charge is 0.00475 e. The van der Waals surface area contributed by atoms with Gasteiger partial charge < -0.3 is 5.73 Å². The minimum atomic E-state index is 0.313. The summed E-state index contributed by atoms with van der Waals surface area (Å²) in [5.41, 5.74) is 7.10. The van der Waals surface area contributed by atoms with E-state index in [1.165, 1.54) is 24.8 Å². The number of hydrogen-bond acceptors (Lipinski definition) is 1. The fourth-order valence-electron chi connectivity index (χ4n) is 1.14. The molecule has 0 radical (unpaired) electrons. The van der Waals surface area contributed by atoms with Crippen molar-refractivity contribution in [1.82, 2.24) is 0 Å². The summed E-state index contributed by atoms with van der Waals surface area (Å²) >= 11 is 0. The van der Waals surface area contributed by atoms with Crippen LogP contribution in [0.15, 0.2) is 11.6 Å². The van der Waals surface area contributed by atoms with Crippen LogP contribution in [-0.2, 0) is 0 Å². The third kappa shape index (κ3) is 7.60. The number of rotatable bonds is 5. The van der Waals surface area contributed by atoms with Gasteiger partial charge in [0.15, 0.2) is 0 Å².